The van der Waals surface area contributed by atoms with Gasteiger partial charge in [0.1, 0.15) is 15.8 Å². The van der Waals surface area contributed by atoms with Crippen LogP contribution in [0.3, 0.4) is 0 Å². The fraction of sp³-hybridized carbons (Fsp3) is 0.158. The molecule has 2 N–H and O–H groups in total. The van der Waals surface area contributed by atoms with E-state index in [4.69, 9.17) is 4.78 Å². The van der Waals surface area contributed by atoms with Gasteiger partial charge in [0.05, 0.1) is 21.8 Å². The van der Waals surface area contributed by atoms with E-state index in [0.717, 1.165) is 29.5 Å². The Bertz CT molecular complexity index is 1140. The van der Waals surface area contributed by atoms with E-state index in [1.165, 1.54) is 6.26 Å². The molecule has 0 spiro atoms. The number of amides is 1. The van der Waals surface area contributed by atoms with Gasteiger partial charge in [0.15, 0.2) is 5.13 Å². The second-order valence-corrected chi connectivity index (χ2v) is 9.63. The summed E-state index contributed by atoms with van der Waals surface area (Å²) in [5.41, 5.74) is 1.81. The van der Waals surface area contributed by atoms with Crippen molar-refractivity contribution in [2.75, 3.05) is 11.6 Å². The minimum absolute atomic E-state index is 0.0578. The zero-order chi connectivity index (χ0) is 20.5. The molecule has 3 aromatic rings. The topological polar surface area (TPSA) is 82.9 Å². The third-order valence-electron chi connectivity index (χ3n) is 3.91. The number of anilines is 1. The largest absolute Gasteiger partial charge is 0.302 e. The maximum Gasteiger partial charge on any atom is 0.230 e. The van der Waals surface area contributed by atoms with Gasteiger partial charge in [0.25, 0.3) is 0 Å². The van der Waals surface area contributed by atoms with Crippen LogP contribution in [0, 0.1) is 23.3 Å². The van der Waals surface area contributed by atoms with Gasteiger partial charge in [-0.25, -0.2) is 22.8 Å². The molecule has 1 amide bonds. The van der Waals surface area contributed by atoms with Crippen molar-refractivity contribution in [3.05, 3.63) is 65.4 Å². The van der Waals surface area contributed by atoms with E-state index in [1.807, 2.05) is 0 Å². The summed E-state index contributed by atoms with van der Waals surface area (Å²) in [5.74, 6) is -1.37. The first-order chi connectivity index (χ1) is 13.1. The average Bonchev–Trinajstić information content (AvgIpc) is 2.98. The number of hydrogen-bond acceptors (Lipinski definition) is 5. The van der Waals surface area contributed by atoms with Crippen LogP contribution < -0.4 is 5.32 Å². The summed E-state index contributed by atoms with van der Waals surface area (Å²) in [5, 5.41) is 2.93. The first-order valence-corrected chi connectivity index (χ1v) is 11.0. The molecule has 1 unspecified atom stereocenters. The Balaban J connectivity index is 1.71. The number of nitrogens with zero attached hydrogens (tertiary/aromatic N) is 1. The molecular formula is C19H17F2N3O2S2. The van der Waals surface area contributed by atoms with Gasteiger partial charge in [-0.2, -0.15) is 0 Å². The van der Waals surface area contributed by atoms with Crippen molar-refractivity contribution >= 4 is 32.1 Å². The summed E-state index contributed by atoms with van der Waals surface area (Å²) in [7, 11) is -2.90. The Labute approximate surface area is 165 Å². The molecule has 0 saturated carbocycles. The molecule has 0 aliphatic heterocycles. The van der Waals surface area contributed by atoms with E-state index >= 15 is 0 Å². The quantitative estimate of drug-likeness (QED) is 0.631. The molecule has 0 aliphatic carbocycles. The highest BCUT2D eigenvalue weighted by molar-refractivity contribution is 7.93. The molecule has 0 fully saturated rings. The smallest absolute Gasteiger partial charge is 0.230 e. The summed E-state index contributed by atoms with van der Waals surface area (Å²) in [6.45, 7) is 1.64. The minimum Gasteiger partial charge on any atom is -0.302 e. The van der Waals surface area contributed by atoms with Crippen LogP contribution in [-0.2, 0) is 20.9 Å². The molecule has 9 heteroatoms. The maximum absolute atomic E-state index is 13.9. The second kappa shape index (κ2) is 7.76. The molecule has 0 bridgehead atoms. The van der Waals surface area contributed by atoms with E-state index in [0.29, 0.717) is 21.0 Å². The standard InChI is InChI=1S/C19H17F2N3O2S2/c1-11-18(28(2,22)26)27-19(23-11)24-17(25)9-12-3-5-13(6-4-12)15-10-14(20)7-8-16(15)21/h3-8,10,22H,9H2,1-2H3,(H,23,24,25). The number of carbonyl (C=O) groups is 1. The van der Waals surface area contributed by atoms with Gasteiger partial charge < -0.3 is 5.32 Å². The fourth-order valence-corrected chi connectivity index (χ4v) is 4.87. The van der Waals surface area contributed by atoms with Gasteiger partial charge in [0.2, 0.25) is 5.91 Å². The van der Waals surface area contributed by atoms with E-state index in [-0.39, 0.29) is 23.0 Å². The summed E-state index contributed by atoms with van der Waals surface area (Å²) in [4.78, 5) is 16.4. The Morgan fingerprint density at radius 2 is 1.89 bits per heavy atom. The molecule has 1 heterocycles. The van der Waals surface area contributed by atoms with E-state index in [2.05, 4.69) is 10.3 Å². The lowest BCUT2D eigenvalue weighted by Gasteiger charge is -2.06. The Hall–Kier alpha value is -2.65. The number of benzene rings is 2. The van der Waals surface area contributed by atoms with Crippen molar-refractivity contribution in [1.82, 2.24) is 4.98 Å². The van der Waals surface area contributed by atoms with Crippen molar-refractivity contribution in [3.63, 3.8) is 0 Å². The zero-order valence-corrected chi connectivity index (χ0v) is 16.7. The van der Waals surface area contributed by atoms with Crippen molar-refractivity contribution < 1.29 is 17.8 Å². The van der Waals surface area contributed by atoms with Gasteiger partial charge in [-0.3, -0.25) is 4.79 Å². The molecular weight excluding hydrogens is 404 g/mol. The van der Waals surface area contributed by atoms with Crippen LogP contribution in [0.15, 0.2) is 46.7 Å². The van der Waals surface area contributed by atoms with E-state index in [1.54, 1.807) is 31.2 Å². The highest BCUT2D eigenvalue weighted by Gasteiger charge is 2.16. The van der Waals surface area contributed by atoms with Crippen molar-refractivity contribution in [3.8, 4) is 11.1 Å². The van der Waals surface area contributed by atoms with Crippen LogP contribution in [0.2, 0.25) is 0 Å². The highest BCUT2D eigenvalue weighted by atomic mass is 32.2. The first kappa shape index (κ1) is 20.1. The Morgan fingerprint density at radius 3 is 2.50 bits per heavy atom. The predicted octanol–water partition coefficient (Wildman–Crippen LogP) is 4.61. The van der Waals surface area contributed by atoms with Crippen LogP contribution >= 0.6 is 11.3 Å². The summed E-state index contributed by atoms with van der Waals surface area (Å²) < 4.78 is 47.0. The van der Waals surface area contributed by atoms with E-state index in [9.17, 15) is 17.8 Å². The highest BCUT2D eigenvalue weighted by Crippen LogP contribution is 2.28. The third-order valence-corrected chi connectivity index (χ3v) is 6.99. The third kappa shape index (κ3) is 4.60. The second-order valence-electron chi connectivity index (χ2n) is 6.28. The van der Waals surface area contributed by atoms with Crippen LogP contribution in [0.1, 0.15) is 11.3 Å². The molecule has 1 aromatic heterocycles. The average molecular weight is 421 g/mol. The number of carbonyl (C=O) groups excluding carboxylic acids is 1. The van der Waals surface area contributed by atoms with Gasteiger partial charge in [0, 0.05) is 11.8 Å². The number of halogens is 2. The molecule has 0 saturated heterocycles. The lowest BCUT2D eigenvalue weighted by Crippen LogP contribution is -2.14. The lowest BCUT2D eigenvalue weighted by atomic mass is 10.0. The molecule has 28 heavy (non-hydrogen) atoms. The van der Waals surface area contributed by atoms with Gasteiger partial charge in [-0.1, -0.05) is 35.6 Å². The lowest BCUT2D eigenvalue weighted by molar-refractivity contribution is -0.115. The van der Waals surface area contributed by atoms with Crippen molar-refractivity contribution in [1.29, 1.82) is 4.78 Å². The zero-order valence-electron chi connectivity index (χ0n) is 15.1. The van der Waals surface area contributed by atoms with Gasteiger partial charge >= 0.3 is 0 Å². The number of hydrogen-bond donors (Lipinski definition) is 2. The van der Waals surface area contributed by atoms with Crippen LogP contribution in [-0.4, -0.2) is 21.4 Å². The Kier molecular flexibility index (Phi) is 5.57. The molecule has 0 radical (unpaired) electrons. The van der Waals surface area contributed by atoms with Crippen LogP contribution in [0.5, 0.6) is 0 Å². The molecule has 2 aromatic carbocycles. The van der Waals surface area contributed by atoms with Crippen molar-refractivity contribution in [2.45, 2.75) is 17.6 Å². The Morgan fingerprint density at radius 1 is 1.21 bits per heavy atom. The summed E-state index contributed by atoms with van der Waals surface area (Å²) in [6.07, 6.45) is 1.37. The molecule has 5 nitrogen and oxygen atoms in total. The number of aryl methyl sites for hydroxylation is 1. The molecule has 146 valence electrons. The van der Waals surface area contributed by atoms with Crippen molar-refractivity contribution in [2.24, 2.45) is 0 Å². The molecule has 0 aliphatic rings. The van der Waals surface area contributed by atoms with Crippen LogP contribution in [0.25, 0.3) is 11.1 Å². The van der Waals surface area contributed by atoms with Gasteiger partial charge in [-0.05, 0) is 36.2 Å². The fourth-order valence-electron chi connectivity index (χ4n) is 2.67. The normalized spacial score (nSPS) is 13.1. The maximum atomic E-state index is 13.9. The number of thiazole rings is 1. The summed E-state index contributed by atoms with van der Waals surface area (Å²) >= 11 is 1.02. The predicted molar refractivity (Wildman–Crippen MR) is 106 cm³/mol. The van der Waals surface area contributed by atoms with Gasteiger partial charge in [-0.15, -0.1) is 0 Å². The monoisotopic (exact) mass is 421 g/mol. The minimum atomic E-state index is -2.90. The van der Waals surface area contributed by atoms with E-state index < -0.39 is 21.4 Å². The number of aromatic nitrogens is 1. The number of nitrogens with one attached hydrogen (secondary N) is 2. The SMILES string of the molecule is Cc1nc(NC(=O)Cc2ccc(-c3cc(F)ccc3F)cc2)sc1S(C)(=N)=O. The first-order valence-electron chi connectivity index (χ1n) is 8.19. The molecule has 3 rings (SSSR count). The van der Waals surface area contributed by atoms with Crippen LogP contribution in [0.4, 0.5) is 13.9 Å². The number of rotatable bonds is 5. The molecule has 1 atom stereocenters. The summed E-state index contributed by atoms with van der Waals surface area (Å²) in [6, 6.07) is 9.83.